The zero-order chi connectivity index (χ0) is 18.5. The monoisotopic (exact) mass is 411 g/mol. The van der Waals surface area contributed by atoms with E-state index in [4.69, 9.17) is 4.52 Å². The zero-order valence-corrected chi connectivity index (χ0v) is 17.4. The molecule has 0 saturated carbocycles. The van der Waals surface area contributed by atoms with Gasteiger partial charge in [-0.05, 0) is 33.0 Å². The number of nitrogens with zero attached hydrogens (tertiary/aromatic N) is 3. The highest BCUT2D eigenvalue weighted by Crippen LogP contribution is 2.28. The zero-order valence-electron chi connectivity index (χ0n) is 15.8. The summed E-state index contributed by atoms with van der Waals surface area (Å²) in [4.78, 5) is 18.9. The molecule has 27 heavy (non-hydrogen) atoms. The Hall–Kier alpha value is -1.61. The normalized spacial score (nSPS) is 18.6. The molecule has 9 heteroatoms. The Kier molecular flexibility index (Phi) is 8.09. The second-order valence-corrected chi connectivity index (χ2v) is 7.89. The first-order chi connectivity index (χ1) is 12.5. The molecule has 2 N–H and O–H groups in total. The van der Waals surface area contributed by atoms with Crippen molar-refractivity contribution in [1.82, 2.24) is 20.4 Å². The van der Waals surface area contributed by atoms with Gasteiger partial charge in [-0.3, -0.25) is 9.69 Å². The minimum absolute atomic E-state index is 0. The van der Waals surface area contributed by atoms with E-state index in [1.54, 1.807) is 0 Å². The van der Waals surface area contributed by atoms with Gasteiger partial charge in [-0.1, -0.05) is 22.9 Å². The summed E-state index contributed by atoms with van der Waals surface area (Å²) >= 11 is 1.48. The number of rotatable bonds is 6. The van der Waals surface area contributed by atoms with Gasteiger partial charge in [0.05, 0.1) is 17.0 Å². The number of likely N-dealkylation sites (N-methyl/N-ethyl adjacent to an activating group) is 1. The molecule has 1 aromatic carbocycles. The lowest BCUT2D eigenvalue weighted by Crippen LogP contribution is -2.44. The molecule has 2 atom stereocenters. The van der Waals surface area contributed by atoms with Crippen molar-refractivity contribution < 1.29 is 9.32 Å². The van der Waals surface area contributed by atoms with E-state index in [0.717, 1.165) is 30.9 Å². The van der Waals surface area contributed by atoms with Gasteiger partial charge in [0.25, 0.3) is 0 Å². The standard InChI is InChI=1S/C18H25N5O2S.ClH/c1-12-4-6-14(7-5-12)20-16(24)11-26-13(2)18-21-17(22-25-18)15-10-19-8-9-23(15)3;/h4-7,13,15,19H,8-11H2,1-3H3,(H,20,24);1H. The average molecular weight is 412 g/mol. The third-order valence-corrected chi connectivity index (χ3v) is 5.54. The third-order valence-electron chi connectivity index (χ3n) is 4.41. The average Bonchev–Trinajstić information content (AvgIpc) is 3.12. The van der Waals surface area contributed by atoms with Crippen LogP contribution < -0.4 is 10.6 Å². The largest absolute Gasteiger partial charge is 0.338 e. The Balaban J connectivity index is 0.00000261. The molecule has 0 aliphatic carbocycles. The number of halogens is 1. The second kappa shape index (κ2) is 10.1. The Labute approximate surface area is 170 Å². The van der Waals surface area contributed by atoms with Crippen LogP contribution in [0.15, 0.2) is 28.8 Å². The summed E-state index contributed by atoms with van der Waals surface area (Å²) in [6.07, 6.45) is 0. The van der Waals surface area contributed by atoms with Crippen molar-refractivity contribution in [3.8, 4) is 0 Å². The topological polar surface area (TPSA) is 83.3 Å². The van der Waals surface area contributed by atoms with Crippen LogP contribution >= 0.6 is 24.2 Å². The van der Waals surface area contributed by atoms with Gasteiger partial charge in [-0.2, -0.15) is 4.98 Å². The van der Waals surface area contributed by atoms with Crippen LogP contribution in [-0.2, 0) is 4.79 Å². The van der Waals surface area contributed by atoms with Gasteiger partial charge < -0.3 is 15.2 Å². The maximum atomic E-state index is 12.1. The van der Waals surface area contributed by atoms with Gasteiger partial charge >= 0.3 is 0 Å². The fraction of sp³-hybridized carbons (Fsp3) is 0.500. The van der Waals surface area contributed by atoms with Crippen LogP contribution in [0.2, 0.25) is 0 Å². The second-order valence-electron chi connectivity index (χ2n) is 6.56. The summed E-state index contributed by atoms with van der Waals surface area (Å²) < 4.78 is 5.42. The van der Waals surface area contributed by atoms with Crippen LogP contribution in [-0.4, -0.2) is 53.4 Å². The molecule has 0 radical (unpaired) electrons. The van der Waals surface area contributed by atoms with Crippen molar-refractivity contribution in [2.24, 2.45) is 0 Å². The van der Waals surface area contributed by atoms with Crippen molar-refractivity contribution >= 4 is 35.8 Å². The van der Waals surface area contributed by atoms with Crippen molar-refractivity contribution in [2.75, 3.05) is 37.8 Å². The number of nitrogens with one attached hydrogen (secondary N) is 2. The first-order valence-electron chi connectivity index (χ1n) is 8.75. The van der Waals surface area contributed by atoms with Gasteiger partial charge in [0, 0.05) is 25.3 Å². The Morgan fingerprint density at radius 1 is 1.44 bits per heavy atom. The Morgan fingerprint density at radius 2 is 2.19 bits per heavy atom. The maximum Gasteiger partial charge on any atom is 0.239 e. The lowest BCUT2D eigenvalue weighted by Gasteiger charge is -2.30. The first kappa shape index (κ1) is 21.7. The summed E-state index contributed by atoms with van der Waals surface area (Å²) in [7, 11) is 2.06. The van der Waals surface area contributed by atoms with E-state index in [1.807, 2.05) is 38.1 Å². The van der Waals surface area contributed by atoms with E-state index in [1.165, 1.54) is 11.8 Å². The summed E-state index contributed by atoms with van der Waals surface area (Å²) in [5, 5.41) is 10.3. The van der Waals surface area contributed by atoms with Gasteiger partial charge in [0.15, 0.2) is 5.82 Å². The summed E-state index contributed by atoms with van der Waals surface area (Å²) in [5.74, 6) is 1.55. The number of carbonyl (C=O) groups excluding carboxylic acids is 1. The predicted molar refractivity (Wildman–Crippen MR) is 110 cm³/mol. The van der Waals surface area contributed by atoms with Crippen LogP contribution in [0.5, 0.6) is 0 Å². The number of thioether (sulfide) groups is 1. The number of benzene rings is 1. The number of anilines is 1. The number of amides is 1. The molecule has 0 bridgehead atoms. The Morgan fingerprint density at radius 3 is 2.89 bits per heavy atom. The molecule has 2 aromatic rings. The van der Waals surface area contributed by atoms with Gasteiger partial charge in [-0.25, -0.2) is 0 Å². The molecule has 148 valence electrons. The van der Waals surface area contributed by atoms with E-state index in [0.29, 0.717) is 17.5 Å². The van der Waals surface area contributed by atoms with Gasteiger partial charge in [-0.15, -0.1) is 24.2 Å². The number of hydrogen-bond donors (Lipinski definition) is 2. The van der Waals surface area contributed by atoms with Gasteiger partial charge in [0.1, 0.15) is 0 Å². The lowest BCUT2D eigenvalue weighted by atomic mass is 10.2. The highest BCUT2D eigenvalue weighted by Gasteiger charge is 2.26. The number of piperazine rings is 1. The predicted octanol–water partition coefficient (Wildman–Crippen LogP) is 2.81. The number of aryl methyl sites for hydroxylation is 1. The van der Waals surface area contributed by atoms with Crippen molar-refractivity contribution in [3.05, 3.63) is 41.5 Å². The molecular formula is C18H26ClN5O2S. The fourth-order valence-electron chi connectivity index (χ4n) is 2.75. The molecule has 1 aliphatic heterocycles. The van der Waals surface area contributed by atoms with E-state index >= 15 is 0 Å². The molecule has 7 nitrogen and oxygen atoms in total. The SMILES string of the molecule is Cc1ccc(NC(=O)CSC(C)c2nc(C3CNCCN3C)no2)cc1.Cl. The smallest absolute Gasteiger partial charge is 0.239 e. The van der Waals surface area contributed by atoms with E-state index < -0.39 is 0 Å². The molecule has 3 rings (SSSR count). The molecule has 1 fully saturated rings. The lowest BCUT2D eigenvalue weighted by molar-refractivity contribution is -0.113. The van der Waals surface area contributed by atoms with E-state index in [-0.39, 0.29) is 29.6 Å². The third kappa shape index (κ3) is 5.93. The molecule has 2 unspecified atom stereocenters. The molecule has 1 aliphatic rings. The van der Waals surface area contributed by atoms with Crippen molar-refractivity contribution in [1.29, 1.82) is 0 Å². The van der Waals surface area contributed by atoms with Crippen LogP contribution in [0.3, 0.4) is 0 Å². The first-order valence-corrected chi connectivity index (χ1v) is 9.80. The number of aromatic nitrogens is 2. The molecule has 0 spiro atoms. The highest BCUT2D eigenvalue weighted by atomic mass is 35.5. The van der Waals surface area contributed by atoms with E-state index in [9.17, 15) is 4.79 Å². The summed E-state index contributed by atoms with van der Waals surface area (Å²) in [5.41, 5.74) is 1.97. The molecule has 1 amide bonds. The minimum Gasteiger partial charge on any atom is -0.338 e. The van der Waals surface area contributed by atoms with Crippen LogP contribution in [0.25, 0.3) is 0 Å². The molecular weight excluding hydrogens is 386 g/mol. The quantitative estimate of drug-likeness (QED) is 0.756. The number of carbonyl (C=O) groups is 1. The van der Waals surface area contributed by atoms with Crippen LogP contribution in [0.4, 0.5) is 5.69 Å². The van der Waals surface area contributed by atoms with Crippen LogP contribution in [0.1, 0.15) is 35.5 Å². The van der Waals surface area contributed by atoms with Crippen molar-refractivity contribution in [3.63, 3.8) is 0 Å². The molecule has 1 aromatic heterocycles. The number of hydrogen-bond acceptors (Lipinski definition) is 7. The minimum atomic E-state index is -0.0401. The van der Waals surface area contributed by atoms with Crippen molar-refractivity contribution in [2.45, 2.75) is 25.1 Å². The maximum absolute atomic E-state index is 12.1. The summed E-state index contributed by atoms with van der Waals surface area (Å²) in [6.45, 7) is 6.74. The van der Waals surface area contributed by atoms with Crippen LogP contribution in [0, 0.1) is 6.92 Å². The molecule has 2 heterocycles. The summed E-state index contributed by atoms with van der Waals surface area (Å²) in [6, 6.07) is 7.88. The fourth-order valence-corrected chi connectivity index (χ4v) is 3.46. The highest BCUT2D eigenvalue weighted by molar-refractivity contribution is 8.00. The Bertz CT molecular complexity index is 740. The molecule has 1 saturated heterocycles. The van der Waals surface area contributed by atoms with E-state index in [2.05, 4.69) is 32.7 Å². The van der Waals surface area contributed by atoms with Gasteiger partial charge in [0.2, 0.25) is 11.8 Å².